The predicted molar refractivity (Wildman–Crippen MR) is 375 cm³/mol. The predicted octanol–water partition coefficient (Wildman–Crippen LogP) is 25.9. The number of aliphatic hydroxyl groups is 2. The summed E-state index contributed by atoms with van der Waals surface area (Å²) in [5.41, 5.74) is 0. The number of aliphatic hydroxyl groups excluding tert-OH is 2. The number of ether oxygens (including phenoxy) is 1. The van der Waals surface area contributed by atoms with Crippen molar-refractivity contribution in [3.8, 4) is 0 Å². The minimum Gasteiger partial charge on any atom is -0.466 e. The Morgan fingerprint density at radius 2 is 0.553 bits per heavy atom. The molecule has 0 spiro atoms. The fourth-order valence-corrected chi connectivity index (χ4v) is 12.8. The van der Waals surface area contributed by atoms with Crippen molar-refractivity contribution < 1.29 is 24.5 Å². The van der Waals surface area contributed by atoms with Crippen LogP contribution in [0.25, 0.3) is 0 Å². The zero-order valence-corrected chi connectivity index (χ0v) is 58.1. The fourth-order valence-electron chi connectivity index (χ4n) is 12.8. The van der Waals surface area contributed by atoms with E-state index in [-0.39, 0.29) is 18.5 Å². The molecule has 2 atom stereocenters. The van der Waals surface area contributed by atoms with Crippen LogP contribution in [0.15, 0.2) is 12.2 Å². The van der Waals surface area contributed by atoms with Gasteiger partial charge in [-0.15, -0.1) is 0 Å². The van der Waals surface area contributed by atoms with Crippen LogP contribution >= 0.6 is 0 Å². The lowest BCUT2D eigenvalue weighted by atomic mass is 10.0. The monoisotopic (exact) mass is 1200 g/mol. The highest BCUT2D eigenvalue weighted by molar-refractivity contribution is 5.76. The maximum Gasteiger partial charge on any atom is 0.305 e. The molecule has 0 aromatic rings. The second-order valence-electron chi connectivity index (χ2n) is 27.4. The molecule has 6 heteroatoms. The highest BCUT2D eigenvalue weighted by Crippen LogP contribution is 2.20. The summed E-state index contributed by atoms with van der Waals surface area (Å²) < 4.78 is 5.50. The van der Waals surface area contributed by atoms with Gasteiger partial charge < -0.3 is 20.3 Å². The zero-order valence-electron chi connectivity index (χ0n) is 58.1. The van der Waals surface area contributed by atoms with E-state index in [9.17, 15) is 19.8 Å². The lowest BCUT2D eigenvalue weighted by Gasteiger charge is -2.22. The Labute approximate surface area is 533 Å². The molecule has 0 aliphatic heterocycles. The molecule has 0 heterocycles. The lowest BCUT2D eigenvalue weighted by Crippen LogP contribution is -2.45. The summed E-state index contributed by atoms with van der Waals surface area (Å²) in [6.45, 7) is 4.99. The van der Waals surface area contributed by atoms with Gasteiger partial charge in [-0.2, -0.15) is 0 Å². The normalized spacial score (nSPS) is 12.5. The van der Waals surface area contributed by atoms with Gasteiger partial charge in [0.25, 0.3) is 0 Å². The van der Waals surface area contributed by atoms with Crippen molar-refractivity contribution in [1.29, 1.82) is 0 Å². The minimum absolute atomic E-state index is 0.0164. The van der Waals surface area contributed by atoms with E-state index >= 15 is 0 Å². The standard InChI is InChI=1S/C79H155NO5/c1-3-5-7-9-11-13-15-17-44-47-51-55-59-63-67-71-77(82)76(75-81)80-78(83)72-68-64-60-56-52-48-45-42-40-38-36-34-32-30-28-26-24-22-20-19-21-23-25-27-29-31-33-35-37-39-41-43-46-50-54-58-62-66-70-74-85-79(84)73-69-65-61-57-53-49-18-16-14-12-10-8-6-4-2/h16,18,76-77,81-82H,3-15,17,19-75H2,1-2H3,(H,80,83)/b18-16-. The molecule has 1 amide bonds. The average Bonchev–Trinajstić information content (AvgIpc) is 3.52. The molecule has 0 aliphatic carbocycles. The number of amides is 1. The van der Waals surface area contributed by atoms with E-state index in [1.807, 2.05) is 0 Å². The Morgan fingerprint density at radius 3 is 0.835 bits per heavy atom. The molecule has 0 aromatic carbocycles. The van der Waals surface area contributed by atoms with Gasteiger partial charge in [-0.25, -0.2) is 0 Å². The Bertz CT molecular complexity index is 1290. The lowest BCUT2D eigenvalue weighted by molar-refractivity contribution is -0.143. The van der Waals surface area contributed by atoms with E-state index < -0.39 is 12.1 Å². The number of unbranched alkanes of at least 4 members (excludes halogenated alkanes) is 62. The SMILES string of the molecule is CCCCCCC/C=C\CCCCCCCC(=O)OCCCCCCCCCCCCCCCCCCCCCCCCCCCCCCCCCCCCCCCCCC(=O)NC(CO)C(O)CCCCCCCCCCCCCCCCC. The Balaban J connectivity index is 3.28. The van der Waals surface area contributed by atoms with Crippen LogP contribution in [-0.4, -0.2) is 47.4 Å². The molecule has 0 rings (SSSR count). The van der Waals surface area contributed by atoms with Crippen LogP contribution in [0, 0.1) is 0 Å². The summed E-state index contributed by atoms with van der Waals surface area (Å²) in [7, 11) is 0. The first kappa shape index (κ1) is 83.6. The molecular weight excluding hydrogens is 1040 g/mol. The second kappa shape index (κ2) is 75.1. The molecule has 0 aliphatic rings. The van der Waals surface area contributed by atoms with Gasteiger partial charge in [-0.3, -0.25) is 9.59 Å². The summed E-state index contributed by atoms with van der Waals surface area (Å²) in [5.74, 6) is -0.00851. The third-order valence-corrected chi connectivity index (χ3v) is 18.8. The van der Waals surface area contributed by atoms with Crippen molar-refractivity contribution >= 4 is 11.9 Å². The molecule has 0 aromatic heterocycles. The molecule has 0 fully saturated rings. The van der Waals surface area contributed by atoms with Gasteiger partial charge in [-0.05, 0) is 51.4 Å². The number of esters is 1. The number of nitrogens with one attached hydrogen (secondary N) is 1. The molecule has 85 heavy (non-hydrogen) atoms. The molecule has 6 nitrogen and oxygen atoms in total. The number of rotatable bonds is 75. The van der Waals surface area contributed by atoms with Crippen molar-refractivity contribution in [3.63, 3.8) is 0 Å². The first-order valence-corrected chi connectivity index (χ1v) is 39.4. The number of hydrogen-bond donors (Lipinski definition) is 3. The van der Waals surface area contributed by atoms with Crippen LogP contribution in [0.2, 0.25) is 0 Å². The van der Waals surface area contributed by atoms with Gasteiger partial charge in [0, 0.05) is 12.8 Å². The van der Waals surface area contributed by atoms with Crippen LogP contribution < -0.4 is 5.32 Å². The quantitative estimate of drug-likeness (QED) is 0.0320. The molecule has 0 saturated heterocycles. The third-order valence-electron chi connectivity index (χ3n) is 18.8. The van der Waals surface area contributed by atoms with Crippen molar-refractivity contribution in [3.05, 3.63) is 12.2 Å². The zero-order chi connectivity index (χ0) is 61.3. The number of carbonyl (C=O) groups is 2. The molecule has 506 valence electrons. The maximum atomic E-state index is 12.5. The minimum atomic E-state index is -0.659. The first-order chi connectivity index (χ1) is 42.0. The summed E-state index contributed by atoms with van der Waals surface area (Å²) in [4.78, 5) is 24.6. The van der Waals surface area contributed by atoms with Gasteiger partial charge in [0.1, 0.15) is 0 Å². The highest BCUT2D eigenvalue weighted by atomic mass is 16.5. The van der Waals surface area contributed by atoms with Crippen LogP contribution in [-0.2, 0) is 14.3 Å². The Morgan fingerprint density at radius 1 is 0.318 bits per heavy atom. The van der Waals surface area contributed by atoms with Gasteiger partial charge in [0.05, 0.1) is 25.4 Å². The highest BCUT2D eigenvalue weighted by Gasteiger charge is 2.20. The summed E-state index contributed by atoms with van der Waals surface area (Å²) in [6.07, 6.45) is 94.6. The van der Waals surface area contributed by atoms with Crippen molar-refractivity contribution in [2.75, 3.05) is 13.2 Å². The smallest absolute Gasteiger partial charge is 0.305 e. The van der Waals surface area contributed by atoms with Gasteiger partial charge in [0.2, 0.25) is 5.91 Å². The summed E-state index contributed by atoms with van der Waals surface area (Å²) >= 11 is 0. The van der Waals surface area contributed by atoms with Crippen LogP contribution in [0.4, 0.5) is 0 Å². The van der Waals surface area contributed by atoms with Crippen molar-refractivity contribution in [2.24, 2.45) is 0 Å². The van der Waals surface area contributed by atoms with Crippen molar-refractivity contribution in [1.82, 2.24) is 5.32 Å². The van der Waals surface area contributed by atoms with Crippen LogP contribution in [0.1, 0.15) is 457 Å². The summed E-state index contributed by atoms with van der Waals surface area (Å²) in [6, 6.07) is -0.536. The van der Waals surface area contributed by atoms with E-state index in [1.54, 1.807) is 0 Å². The molecular formula is C79H155NO5. The Kier molecular flexibility index (Phi) is 73.8. The van der Waals surface area contributed by atoms with E-state index in [2.05, 4.69) is 31.3 Å². The van der Waals surface area contributed by atoms with Gasteiger partial charge in [-0.1, -0.05) is 405 Å². The van der Waals surface area contributed by atoms with Crippen LogP contribution in [0.5, 0.6) is 0 Å². The third kappa shape index (κ3) is 71.6. The Hall–Kier alpha value is -1.40. The molecule has 0 bridgehead atoms. The van der Waals surface area contributed by atoms with E-state index in [0.29, 0.717) is 25.9 Å². The summed E-state index contributed by atoms with van der Waals surface area (Å²) in [5, 5.41) is 23.4. The van der Waals surface area contributed by atoms with Crippen molar-refractivity contribution in [2.45, 2.75) is 469 Å². The molecule has 2 unspecified atom stereocenters. The van der Waals surface area contributed by atoms with E-state index in [4.69, 9.17) is 4.74 Å². The van der Waals surface area contributed by atoms with Gasteiger partial charge >= 0.3 is 5.97 Å². The van der Waals surface area contributed by atoms with Gasteiger partial charge in [0.15, 0.2) is 0 Å². The first-order valence-electron chi connectivity index (χ1n) is 39.4. The number of allylic oxidation sites excluding steroid dienone is 2. The molecule has 3 N–H and O–H groups in total. The topological polar surface area (TPSA) is 95.9 Å². The average molecular weight is 1200 g/mol. The largest absolute Gasteiger partial charge is 0.466 e. The molecule has 0 saturated carbocycles. The van der Waals surface area contributed by atoms with E-state index in [1.165, 1.54) is 379 Å². The number of hydrogen-bond acceptors (Lipinski definition) is 5. The fraction of sp³-hybridized carbons (Fsp3) is 0.949. The maximum absolute atomic E-state index is 12.5. The van der Waals surface area contributed by atoms with E-state index in [0.717, 1.165) is 44.9 Å². The van der Waals surface area contributed by atoms with Crippen LogP contribution in [0.3, 0.4) is 0 Å². The second-order valence-corrected chi connectivity index (χ2v) is 27.4. The number of carbonyl (C=O) groups excluding carboxylic acids is 2. The molecule has 0 radical (unpaired) electrons.